The van der Waals surface area contributed by atoms with Crippen LogP contribution in [0.1, 0.15) is 18.7 Å². The highest BCUT2D eigenvalue weighted by Gasteiger charge is 2.11. The Morgan fingerprint density at radius 3 is 2.75 bits per heavy atom. The first kappa shape index (κ1) is 9.00. The third-order valence-corrected chi connectivity index (χ3v) is 1.81. The Morgan fingerprint density at radius 1 is 1.75 bits per heavy atom. The van der Waals surface area contributed by atoms with E-state index in [4.69, 9.17) is 0 Å². The molecule has 3 nitrogen and oxygen atoms in total. The Hall–Kier alpha value is -1.09. The smallest absolute Gasteiger partial charge is 0.0835 e. The number of hydrogen-bond donors (Lipinski definition) is 1. The molecule has 0 fully saturated rings. The SMILES string of the molecule is C=C(C)C(NC)c1ccn(C)n1. The molecule has 0 saturated heterocycles. The summed E-state index contributed by atoms with van der Waals surface area (Å²) < 4.78 is 1.79. The van der Waals surface area contributed by atoms with Gasteiger partial charge in [-0.2, -0.15) is 5.10 Å². The van der Waals surface area contributed by atoms with Crippen LogP contribution in [0.15, 0.2) is 24.4 Å². The Kier molecular flexibility index (Phi) is 2.65. The Labute approximate surface area is 73.1 Å². The van der Waals surface area contributed by atoms with Crippen molar-refractivity contribution >= 4 is 0 Å². The molecule has 1 heterocycles. The summed E-state index contributed by atoms with van der Waals surface area (Å²) in [6, 6.07) is 2.17. The summed E-state index contributed by atoms with van der Waals surface area (Å²) in [6.45, 7) is 5.90. The van der Waals surface area contributed by atoms with E-state index in [0.717, 1.165) is 11.3 Å². The number of likely N-dealkylation sites (N-methyl/N-ethyl adjacent to an activating group) is 1. The first-order valence-corrected chi connectivity index (χ1v) is 3.97. The molecule has 1 rings (SSSR count). The monoisotopic (exact) mass is 165 g/mol. The highest BCUT2D eigenvalue weighted by molar-refractivity contribution is 5.17. The molecule has 0 radical (unpaired) electrons. The minimum absolute atomic E-state index is 0.172. The summed E-state index contributed by atoms with van der Waals surface area (Å²) in [5.41, 5.74) is 2.10. The van der Waals surface area contributed by atoms with E-state index in [2.05, 4.69) is 17.0 Å². The topological polar surface area (TPSA) is 29.9 Å². The lowest BCUT2D eigenvalue weighted by atomic mass is 10.1. The van der Waals surface area contributed by atoms with Crippen LogP contribution in [0.3, 0.4) is 0 Å². The molecule has 0 aliphatic rings. The zero-order valence-electron chi connectivity index (χ0n) is 7.83. The predicted molar refractivity (Wildman–Crippen MR) is 49.8 cm³/mol. The molecule has 0 spiro atoms. The maximum Gasteiger partial charge on any atom is 0.0835 e. The van der Waals surface area contributed by atoms with Crippen molar-refractivity contribution in [1.82, 2.24) is 15.1 Å². The Morgan fingerprint density at radius 2 is 2.42 bits per heavy atom. The van der Waals surface area contributed by atoms with Gasteiger partial charge in [0.1, 0.15) is 0 Å². The van der Waals surface area contributed by atoms with Gasteiger partial charge in [-0.1, -0.05) is 12.2 Å². The number of aromatic nitrogens is 2. The van der Waals surface area contributed by atoms with Crippen LogP contribution < -0.4 is 5.32 Å². The van der Waals surface area contributed by atoms with Gasteiger partial charge in [0.15, 0.2) is 0 Å². The number of hydrogen-bond acceptors (Lipinski definition) is 2. The lowest BCUT2D eigenvalue weighted by Gasteiger charge is -2.12. The molecule has 0 aliphatic heterocycles. The molecule has 0 aromatic carbocycles. The van der Waals surface area contributed by atoms with Gasteiger partial charge in [-0.3, -0.25) is 4.68 Å². The van der Waals surface area contributed by atoms with Gasteiger partial charge in [-0.25, -0.2) is 0 Å². The zero-order chi connectivity index (χ0) is 9.14. The van der Waals surface area contributed by atoms with Gasteiger partial charge in [0.2, 0.25) is 0 Å². The second kappa shape index (κ2) is 3.54. The fraction of sp³-hybridized carbons (Fsp3) is 0.444. The van der Waals surface area contributed by atoms with Gasteiger partial charge in [0.05, 0.1) is 11.7 Å². The van der Waals surface area contributed by atoms with E-state index < -0.39 is 0 Å². The maximum atomic E-state index is 4.30. The molecule has 1 atom stereocenters. The average Bonchev–Trinajstić information content (AvgIpc) is 2.37. The lowest BCUT2D eigenvalue weighted by Crippen LogP contribution is -2.17. The third-order valence-electron chi connectivity index (χ3n) is 1.81. The second-order valence-corrected chi connectivity index (χ2v) is 2.98. The van der Waals surface area contributed by atoms with Crippen LogP contribution in [0, 0.1) is 0 Å². The van der Waals surface area contributed by atoms with E-state index in [-0.39, 0.29) is 6.04 Å². The van der Waals surface area contributed by atoms with Crippen molar-refractivity contribution in [3.05, 3.63) is 30.1 Å². The van der Waals surface area contributed by atoms with E-state index in [1.807, 2.05) is 33.3 Å². The second-order valence-electron chi connectivity index (χ2n) is 2.98. The van der Waals surface area contributed by atoms with Crippen molar-refractivity contribution < 1.29 is 0 Å². The van der Waals surface area contributed by atoms with Crippen LogP contribution in [-0.2, 0) is 7.05 Å². The molecule has 1 aromatic heterocycles. The van der Waals surface area contributed by atoms with Crippen molar-refractivity contribution in [3.63, 3.8) is 0 Å². The summed E-state index contributed by atoms with van der Waals surface area (Å²) in [7, 11) is 3.82. The first-order valence-electron chi connectivity index (χ1n) is 3.97. The largest absolute Gasteiger partial charge is 0.308 e. The summed E-state index contributed by atoms with van der Waals surface area (Å²) >= 11 is 0. The van der Waals surface area contributed by atoms with E-state index in [1.165, 1.54) is 0 Å². The summed E-state index contributed by atoms with van der Waals surface area (Å²) in [6.07, 6.45) is 1.93. The van der Waals surface area contributed by atoms with Crippen LogP contribution in [-0.4, -0.2) is 16.8 Å². The van der Waals surface area contributed by atoms with Crippen molar-refractivity contribution in [1.29, 1.82) is 0 Å². The fourth-order valence-electron chi connectivity index (χ4n) is 1.23. The molecular formula is C9H15N3. The average molecular weight is 165 g/mol. The molecule has 0 saturated carbocycles. The van der Waals surface area contributed by atoms with Gasteiger partial charge in [-0.05, 0) is 20.0 Å². The molecule has 3 heteroatoms. The van der Waals surface area contributed by atoms with Crippen molar-refractivity contribution in [2.75, 3.05) is 7.05 Å². The molecule has 12 heavy (non-hydrogen) atoms. The van der Waals surface area contributed by atoms with E-state index in [9.17, 15) is 0 Å². The van der Waals surface area contributed by atoms with E-state index in [0.29, 0.717) is 0 Å². The van der Waals surface area contributed by atoms with Gasteiger partial charge in [-0.15, -0.1) is 0 Å². The van der Waals surface area contributed by atoms with E-state index >= 15 is 0 Å². The lowest BCUT2D eigenvalue weighted by molar-refractivity contribution is 0.633. The molecule has 0 amide bonds. The predicted octanol–water partition coefficient (Wildman–Crippen LogP) is 1.26. The van der Waals surface area contributed by atoms with Crippen LogP contribution >= 0.6 is 0 Å². The van der Waals surface area contributed by atoms with Crippen molar-refractivity contribution in [3.8, 4) is 0 Å². The molecular weight excluding hydrogens is 150 g/mol. The van der Waals surface area contributed by atoms with Gasteiger partial charge in [0.25, 0.3) is 0 Å². The zero-order valence-corrected chi connectivity index (χ0v) is 7.83. The van der Waals surface area contributed by atoms with Crippen LogP contribution in [0.5, 0.6) is 0 Å². The highest BCUT2D eigenvalue weighted by Crippen LogP contribution is 2.16. The van der Waals surface area contributed by atoms with Gasteiger partial charge >= 0.3 is 0 Å². The van der Waals surface area contributed by atoms with Crippen LogP contribution in [0.4, 0.5) is 0 Å². The first-order chi connectivity index (χ1) is 5.65. The normalized spacial score (nSPS) is 12.9. The molecule has 1 aromatic rings. The van der Waals surface area contributed by atoms with E-state index in [1.54, 1.807) is 4.68 Å². The maximum absolute atomic E-state index is 4.30. The summed E-state index contributed by atoms with van der Waals surface area (Å²) in [5, 5.41) is 7.45. The third kappa shape index (κ3) is 1.74. The fourth-order valence-corrected chi connectivity index (χ4v) is 1.23. The van der Waals surface area contributed by atoms with Crippen molar-refractivity contribution in [2.24, 2.45) is 7.05 Å². The number of aryl methyl sites for hydroxylation is 1. The van der Waals surface area contributed by atoms with Crippen molar-refractivity contribution in [2.45, 2.75) is 13.0 Å². The van der Waals surface area contributed by atoms with Crippen LogP contribution in [0.2, 0.25) is 0 Å². The van der Waals surface area contributed by atoms with Crippen LogP contribution in [0.25, 0.3) is 0 Å². The molecule has 66 valence electrons. The number of nitrogens with one attached hydrogen (secondary N) is 1. The number of nitrogens with zero attached hydrogens (tertiary/aromatic N) is 2. The standard InChI is InChI=1S/C9H15N3/c1-7(2)9(10-3)8-5-6-12(4)11-8/h5-6,9-10H,1H2,2-4H3. The molecule has 0 bridgehead atoms. The quantitative estimate of drug-likeness (QED) is 0.683. The Balaban J connectivity index is 2.87. The molecule has 1 N–H and O–H groups in total. The molecule has 1 unspecified atom stereocenters. The Bertz CT molecular complexity index is 275. The summed E-state index contributed by atoms with van der Waals surface area (Å²) in [4.78, 5) is 0. The minimum Gasteiger partial charge on any atom is -0.308 e. The minimum atomic E-state index is 0.172. The number of rotatable bonds is 3. The summed E-state index contributed by atoms with van der Waals surface area (Å²) in [5.74, 6) is 0. The van der Waals surface area contributed by atoms with Gasteiger partial charge < -0.3 is 5.32 Å². The highest BCUT2D eigenvalue weighted by atomic mass is 15.3. The molecule has 0 aliphatic carbocycles. The van der Waals surface area contributed by atoms with Gasteiger partial charge in [0, 0.05) is 13.2 Å².